The molecular weight excluding hydrogens is 565 g/mol. The smallest absolute Gasteiger partial charge is 0.267 e. The van der Waals surface area contributed by atoms with Gasteiger partial charge in [0.2, 0.25) is 0 Å². The van der Waals surface area contributed by atoms with E-state index in [2.05, 4.69) is 10.5 Å². The molecular formula is C28H22Cl3N3O3S. The lowest BCUT2D eigenvalue weighted by Crippen LogP contribution is -2.31. The van der Waals surface area contributed by atoms with Crippen LogP contribution in [0.5, 0.6) is 0 Å². The number of hydrogen-bond donors (Lipinski definition) is 1. The van der Waals surface area contributed by atoms with Gasteiger partial charge in [-0.3, -0.25) is 9.10 Å². The minimum absolute atomic E-state index is 0.0352. The third kappa shape index (κ3) is 6.37. The highest BCUT2D eigenvalue weighted by molar-refractivity contribution is 7.92. The van der Waals surface area contributed by atoms with Crippen LogP contribution in [0, 0.1) is 6.92 Å². The van der Waals surface area contributed by atoms with E-state index in [-0.39, 0.29) is 11.4 Å². The average Bonchev–Trinajstić information content (AvgIpc) is 2.91. The minimum atomic E-state index is -3.91. The van der Waals surface area contributed by atoms with Gasteiger partial charge in [0.15, 0.2) is 0 Å². The fourth-order valence-corrected chi connectivity index (χ4v) is 5.80. The Kier molecular flexibility index (Phi) is 8.74. The number of anilines is 1. The zero-order chi connectivity index (χ0) is 27.3. The number of halogens is 3. The van der Waals surface area contributed by atoms with Gasteiger partial charge in [0, 0.05) is 21.2 Å². The summed E-state index contributed by atoms with van der Waals surface area (Å²) in [6.45, 7) is 1.81. The molecule has 0 unspecified atom stereocenters. The number of carbonyl (C=O) groups excluding carboxylic acids is 1. The molecule has 1 amide bonds. The van der Waals surface area contributed by atoms with Crippen LogP contribution in [0.1, 0.15) is 27.0 Å². The molecule has 0 saturated carbocycles. The van der Waals surface area contributed by atoms with Crippen LogP contribution in [0.4, 0.5) is 5.69 Å². The molecule has 38 heavy (non-hydrogen) atoms. The fraction of sp³-hybridized carbons (Fsp3) is 0.0714. The van der Waals surface area contributed by atoms with Crippen LogP contribution in [-0.4, -0.2) is 20.5 Å². The molecule has 4 rings (SSSR count). The van der Waals surface area contributed by atoms with Gasteiger partial charge in [-0.05, 0) is 66.6 Å². The van der Waals surface area contributed by atoms with Crippen LogP contribution in [0.15, 0.2) is 101 Å². The molecule has 6 nitrogen and oxygen atoms in total. The second-order valence-corrected chi connectivity index (χ2v) is 11.4. The highest BCUT2D eigenvalue weighted by Gasteiger charge is 2.27. The predicted octanol–water partition coefficient (Wildman–Crippen LogP) is 7.11. The van der Waals surface area contributed by atoms with Crippen LogP contribution < -0.4 is 9.73 Å². The number of hydrogen-bond acceptors (Lipinski definition) is 4. The summed E-state index contributed by atoms with van der Waals surface area (Å²) >= 11 is 18.3. The number of nitrogens with one attached hydrogen (secondary N) is 1. The standard InChI is InChI=1S/C28H22Cl3N3O3S/c1-19-25(30)8-5-9-27(19)34(38(36,37)24-6-3-2-4-7-24)18-20-10-12-21(13-11-20)28(35)33-32-17-22-14-15-23(29)16-26(22)31/h2-17H,18H2,1H3,(H,33,35)/b32-17-. The van der Waals surface area contributed by atoms with E-state index in [1.54, 1.807) is 97.9 Å². The van der Waals surface area contributed by atoms with Crippen molar-refractivity contribution in [2.75, 3.05) is 4.31 Å². The van der Waals surface area contributed by atoms with Crippen LogP contribution in [0.2, 0.25) is 15.1 Å². The van der Waals surface area contributed by atoms with Crippen molar-refractivity contribution in [3.05, 3.63) is 128 Å². The summed E-state index contributed by atoms with van der Waals surface area (Å²) < 4.78 is 28.6. The first-order valence-electron chi connectivity index (χ1n) is 11.4. The van der Waals surface area contributed by atoms with Gasteiger partial charge in [-0.2, -0.15) is 5.10 Å². The van der Waals surface area contributed by atoms with Crippen molar-refractivity contribution in [3.8, 4) is 0 Å². The Hall–Kier alpha value is -3.36. The van der Waals surface area contributed by atoms with Crippen molar-refractivity contribution in [1.82, 2.24) is 5.43 Å². The molecule has 0 aliphatic rings. The quantitative estimate of drug-likeness (QED) is 0.176. The molecule has 0 aliphatic heterocycles. The molecule has 0 heterocycles. The SMILES string of the molecule is Cc1c(Cl)cccc1N(Cc1ccc(C(=O)N/N=C\c2ccc(Cl)cc2Cl)cc1)S(=O)(=O)c1ccccc1. The minimum Gasteiger partial charge on any atom is -0.267 e. The first-order valence-corrected chi connectivity index (χ1v) is 13.9. The monoisotopic (exact) mass is 585 g/mol. The summed E-state index contributed by atoms with van der Waals surface area (Å²) in [6.07, 6.45) is 1.42. The third-order valence-electron chi connectivity index (χ3n) is 5.71. The molecule has 0 radical (unpaired) electrons. The Labute approximate surface area is 236 Å². The third-order valence-corrected chi connectivity index (χ3v) is 8.46. The number of nitrogens with zero attached hydrogens (tertiary/aromatic N) is 2. The maximum Gasteiger partial charge on any atom is 0.271 e. The molecule has 0 aliphatic carbocycles. The molecule has 0 bridgehead atoms. The number of sulfonamides is 1. The summed E-state index contributed by atoms with van der Waals surface area (Å²) in [4.78, 5) is 12.7. The Morgan fingerprint density at radius 2 is 1.61 bits per heavy atom. The van der Waals surface area contributed by atoms with Gasteiger partial charge < -0.3 is 0 Å². The Morgan fingerprint density at radius 1 is 0.895 bits per heavy atom. The second-order valence-electron chi connectivity index (χ2n) is 8.27. The van der Waals surface area contributed by atoms with E-state index in [9.17, 15) is 13.2 Å². The first-order chi connectivity index (χ1) is 18.2. The molecule has 4 aromatic rings. The van der Waals surface area contributed by atoms with E-state index in [0.29, 0.717) is 43.0 Å². The molecule has 0 aromatic heterocycles. The topological polar surface area (TPSA) is 78.8 Å². The van der Waals surface area contributed by atoms with E-state index in [1.807, 2.05) is 0 Å². The Bertz CT molecular complexity index is 1590. The largest absolute Gasteiger partial charge is 0.271 e. The van der Waals surface area contributed by atoms with Gasteiger partial charge >= 0.3 is 0 Å². The van der Waals surface area contributed by atoms with Crippen LogP contribution >= 0.6 is 34.8 Å². The van der Waals surface area contributed by atoms with Crippen LogP contribution in [0.3, 0.4) is 0 Å². The normalized spacial score (nSPS) is 11.5. The summed E-state index contributed by atoms with van der Waals surface area (Å²) in [5, 5.41) is 5.32. The molecule has 4 aromatic carbocycles. The van der Waals surface area contributed by atoms with Gasteiger partial charge in [0.25, 0.3) is 15.9 Å². The number of carbonyl (C=O) groups is 1. The van der Waals surface area contributed by atoms with E-state index >= 15 is 0 Å². The van der Waals surface area contributed by atoms with Crippen molar-refractivity contribution in [2.45, 2.75) is 18.4 Å². The van der Waals surface area contributed by atoms with Crippen molar-refractivity contribution < 1.29 is 13.2 Å². The number of hydrazone groups is 1. The maximum atomic E-state index is 13.6. The average molecular weight is 587 g/mol. The van der Waals surface area contributed by atoms with Crippen molar-refractivity contribution in [1.29, 1.82) is 0 Å². The van der Waals surface area contributed by atoms with E-state index in [0.717, 1.165) is 0 Å². The number of benzene rings is 4. The van der Waals surface area contributed by atoms with Crippen LogP contribution in [-0.2, 0) is 16.6 Å². The molecule has 0 fully saturated rings. The molecule has 0 atom stereocenters. The van der Waals surface area contributed by atoms with Gasteiger partial charge in [-0.1, -0.05) is 77.3 Å². The maximum absolute atomic E-state index is 13.6. The summed E-state index contributed by atoms with van der Waals surface area (Å²) in [6, 6.07) is 24.9. The molecule has 1 N–H and O–H groups in total. The van der Waals surface area contributed by atoms with Crippen molar-refractivity contribution in [3.63, 3.8) is 0 Å². The summed E-state index contributed by atoms with van der Waals surface area (Å²) in [5.41, 5.74) is 5.19. The summed E-state index contributed by atoms with van der Waals surface area (Å²) in [5.74, 6) is -0.433. The number of rotatable bonds is 8. The van der Waals surface area contributed by atoms with Gasteiger partial charge in [0.05, 0.1) is 28.4 Å². The van der Waals surface area contributed by atoms with Gasteiger partial charge in [-0.25, -0.2) is 13.8 Å². The summed E-state index contributed by atoms with van der Waals surface area (Å²) in [7, 11) is -3.91. The lowest BCUT2D eigenvalue weighted by atomic mass is 10.1. The van der Waals surface area contributed by atoms with Crippen molar-refractivity contribution in [2.24, 2.45) is 5.10 Å². The fourth-order valence-electron chi connectivity index (χ4n) is 3.64. The van der Waals surface area contributed by atoms with E-state index in [4.69, 9.17) is 34.8 Å². The van der Waals surface area contributed by atoms with Crippen molar-refractivity contribution >= 4 is 62.6 Å². The Morgan fingerprint density at radius 3 is 2.29 bits per heavy atom. The predicted molar refractivity (Wildman–Crippen MR) is 154 cm³/mol. The van der Waals surface area contributed by atoms with E-state index in [1.165, 1.54) is 10.5 Å². The van der Waals surface area contributed by atoms with E-state index < -0.39 is 15.9 Å². The number of amides is 1. The zero-order valence-electron chi connectivity index (χ0n) is 20.1. The molecule has 194 valence electrons. The van der Waals surface area contributed by atoms with Gasteiger partial charge in [0.1, 0.15) is 0 Å². The lowest BCUT2D eigenvalue weighted by molar-refractivity contribution is 0.0955. The Balaban J connectivity index is 1.55. The highest BCUT2D eigenvalue weighted by Crippen LogP contribution is 2.32. The van der Waals surface area contributed by atoms with Gasteiger partial charge in [-0.15, -0.1) is 0 Å². The highest BCUT2D eigenvalue weighted by atomic mass is 35.5. The second kappa shape index (κ2) is 12.0. The lowest BCUT2D eigenvalue weighted by Gasteiger charge is -2.26. The zero-order valence-corrected chi connectivity index (χ0v) is 23.2. The molecule has 10 heteroatoms. The first kappa shape index (κ1) is 27.7. The molecule has 0 saturated heterocycles. The van der Waals surface area contributed by atoms with Crippen LogP contribution in [0.25, 0.3) is 0 Å². The molecule has 0 spiro atoms.